The van der Waals surface area contributed by atoms with E-state index in [1.807, 2.05) is 6.26 Å². The molecular formula is C12H25N3OS. The topological polar surface area (TPSA) is 58.4 Å². The number of nitrogens with one attached hydrogen (secondary N) is 1. The molecule has 1 aliphatic heterocycles. The lowest BCUT2D eigenvalue weighted by Gasteiger charge is -2.26. The number of hydrogen-bond acceptors (Lipinski definition) is 4. The summed E-state index contributed by atoms with van der Waals surface area (Å²) in [6.07, 6.45) is 6.72. The molecule has 0 spiro atoms. The largest absolute Gasteiger partial charge is 0.353 e. The molecule has 1 rings (SSSR count). The fourth-order valence-corrected chi connectivity index (χ4v) is 2.52. The van der Waals surface area contributed by atoms with Gasteiger partial charge in [0.2, 0.25) is 5.91 Å². The van der Waals surface area contributed by atoms with Crippen LogP contribution in [-0.2, 0) is 4.79 Å². The van der Waals surface area contributed by atoms with Gasteiger partial charge in [0.25, 0.3) is 0 Å². The predicted octanol–water partition coefficient (Wildman–Crippen LogP) is 0.669. The number of hydrogen-bond donors (Lipinski definition) is 2. The van der Waals surface area contributed by atoms with E-state index in [9.17, 15) is 4.79 Å². The first-order valence-corrected chi connectivity index (χ1v) is 7.88. The Labute approximate surface area is 109 Å². The SMILES string of the molecule is CSCC[C@@H](N)C(=O)NCCN1CCCCC1. The number of piperidine rings is 1. The van der Waals surface area contributed by atoms with Crippen molar-refractivity contribution < 1.29 is 4.79 Å². The van der Waals surface area contributed by atoms with Gasteiger partial charge in [-0.1, -0.05) is 6.42 Å². The van der Waals surface area contributed by atoms with Crippen LogP contribution in [0.15, 0.2) is 0 Å². The Kier molecular flexibility index (Phi) is 7.64. The standard InChI is InChI=1S/C12H25N3OS/c1-17-10-5-11(13)12(16)14-6-9-15-7-3-2-4-8-15/h11H,2-10,13H2,1H3,(H,14,16)/t11-/m1/s1. The van der Waals surface area contributed by atoms with Crippen molar-refractivity contribution >= 4 is 17.7 Å². The molecule has 4 nitrogen and oxygen atoms in total. The van der Waals surface area contributed by atoms with E-state index in [2.05, 4.69) is 10.2 Å². The van der Waals surface area contributed by atoms with Gasteiger partial charge in [-0.05, 0) is 44.4 Å². The summed E-state index contributed by atoms with van der Waals surface area (Å²) < 4.78 is 0. The van der Waals surface area contributed by atoms with Crippen LogP contribution in [0.3, 0.4) is 0 Å². The second-order valence-corrected chi connectivity index (χ2v) is 5.57. The van der Waals surface area contributed by atoms with Gasteiger partial charge in [-0.2, -0.15) is 11.8 Å². The van der Waals surface area contributed by atoms with Crippen molar-refractivity contribution in [1.82, 2.24) is 10.2 Å². The predicted molar refractivity (Wildman–Crippen MR) is 74.3 cm³/mol. The summed E-state index contributed by atoms with van der Waals surface area (Å²) in [5.41, 5.74) is 5.78. The first-order valence-electron chi connectivity index (χ1n) is 6.48. The number of likely N-dealkylation sites (tertiary alicyclic amines) is 1. The molecule has 0 saturated carbocycles. The number of thioether (sulfide) groups is 1. The second kappa shape index (κ2) is 8.78. The van der Waals surface area contributed by atoms with E-state index in [-0.39, 0.29) is 11.9 Å². The molecule has 5 heteroatoms. The summed E-state index contributed by atoms with van der Waals surface area (Å²) >= 11 is 1.73. The number of carbonyl (C=O) groups excluding carboxylic acids is 1. The van der Waals surface area contributed by atoms with Crippen molar-refractivity contribution in [2.75, 3.05) is 38.2 Å². The molecule has 1 heterocycles. The average Bonchev–Trinajstić information content (AvgIpc) is 2.37. The van der Waals surface area contributed by atoms with Crippen LogP contribution in [0.25, 0.3) is 0 Å². The fraction of sp³-hybridized carbons (Fsp3) is 0.917. The number of rotatable bonds is 7. The quantitative estimate of drug-likeness (QED) is 0.705. The molecule has 1 aliphatic rings. The zero-order valence-electron chi connectivity index (χ0n) is 10.8. The Hall–Kier alpha value is -0.260. The number of amides is 1. The molecule has 1 fully saturated rings. The summed E-state index contributed by atoms with van der Waals surface area (Å²) in [6, 6.07) is -0.344. The molecule has 1 amide bonds. The monoisotopic (exact) mass is 259 g/mol. The normalized spacial score (nSPS) is 18.9. The highest BCUT2D eigenvalue weighted by Crippen LogP contribution is 2.07. The Bertz CT molecular complexity index is 220. The molecule has 0 aliphatic carbocycles. The summed E-state index contributed by atoms with van der Waals surface area (Å²) in [5, 5.41) is 2.92. The van der Waals surface area contributed by atoms with Crippen molar-refractivity contribution in [1.29, 1.82) is 0 Å². The third-order valence-corrected chi connectivity index (χ3v) is 3.79. The number of nitrogens with two attached hydrogens (primary N) is 1. The first-order chi connectivity index (χ1) is 8.24. The Morgan fingerprint density at radius 2 is 2.12 bits per heavy atom. The van der Waals surface area contributed by atoms with Gasteiger partial charge in [-0.15, -0.1) is 0 Å². The third-order valence-electron chi connectivity index (χ3n) is 3.15. The summed E-state index contributed by atoms with van der Waals surface area (Å²) in [7, 11) is 0. The maximum Gasteiger partial charge on any atom is 0.236 e. The van der Waals surface area contributed by atoms with Gasteiger partial charge in [0.1, 0.15) is 0 Å². The van der Waals surface area contributed by atoms with Gasteiger partial charge < -0.3 is 16.0 Å². The van der Waals surface area contributed by atoms with E-state index in [1.54, 1.807) is 11.8 Å². The van der Waals surface area contributed by atoms with Crippen molar-refractivity contribution in [3.63, 3.8) is 0 Å². The van der Waals surface area contributed by atoms with Crippen molar-refractivity contribution in [2.24, 2.45) is 5.73 Å². The van der Waals surface area contributed by atoms with Crippen molar-refractivity contribution in [3.8, 4) is 0 Å². The summed E-state index contributed by atoms with van der Waals surface area (Å²) in [4.78, 5) is 14.0. The van der Waals surface area contributed by atoms with E-state index in [1.165, 1.54) is 32.4 Å². The van der Waals surface area contributed by atoms with Gasteiger partial charge >= 0.3 is 0 Å². The second-order valence-electron chi connectivity index (χ2n) is 4.58. The highest BCUT2D eigenvalue weighted by Gasteiger charge is 2.13. The zero-order valence-corrected chi connectivity index (χ0v) is 11.6. The van der Waals surface area contributed by atoms with Gasteiger partial charge in [-0.25, -0.2) is 0 Å². The lowest BCUT2D eigenvalue weighted by atomic mass is 10.1. The minimum atomic E-state index is -0.344. The summed E-state index contributed by atoms with van der Waals surface area (Å²) in [6.45, 7) is 4.04. The smallest absolute Gasteiger partial charge is 0.236 e. The molecule has 0 aromatic rings. The minimum absolute atomic E-state index is 0.00365. The van der Waals surface area contributed by atoms with Crippen LogP contribution in [0.2, 0.25) is 0 Å². The van der Waals surface area contributed by atoms with Gasteiger partial charge in [-0.3, -0.25) is 4.79 Å². The lowest BCUT2D eigenvalue weighted by Crippen LogP contribution is -2.44. The van der Waals surface area contributed by atoms with Crippen LogP contribution >= 0.6 is 11.8 Å². The van der Waals surface area contributed by atoms with Crippen LogP contribution in [0.1, 0.15) is 25.7 Å². The maximum atomic E-state index is 11.6. The van der Waals surface area contributed by atoms with Gasteiger partial charge in [0, 0.05) is 13.1 Å². The molecule has 0 aromatic carbocycles. The highest BCUT2D eigenvalue weighted by molar-refractivity contribution is 7.98. The van der Waals surface area contributed by atoms with Crippen molar-refractivity contribution in [3.05, 3.63) is 0 Å². The van der Waals surface area contributed by atoms with Crippen molar-refractivity contribution in [2.45, 2.75) is 31.7 Å². The van der Waals surface area contributed by atoms with E-state index in [0.717, 1.165) is 25.3 Å². The maximum absolute atomic E-state index is 11.6. The zero-order chi connectivity index (χ0) is 12.5. The highest BCUT2D eigenvalue weighted by atomic mass is 32.2. The van der Waals surface area contributed by atoms with Crippen LogP contribution in [0, 0.1) is 0 Å². The van der Waals surface area contributed by atoms with Crippen LogP contribution in [0.5, 0.6) is 0 Å². The molecule has 3 N–H and O–H groups in total. The van der Waals surface area contributed by atoms with Crippen LogP contribution in [0.4, 0.5) is 0 Å². The minimum Gasteiger partial charge on any atom is -0.353 e. The molecule has 17 heavy (non-hydrogen) atoms. The van der Waals surface area contributed by atoms with E-state index in [0.29, 0.717) is 0 Å². The fourth-order valence-electron chi connectivity index (χ4n) is 2.03. The Morgan fingerprint density at radius 3 is 2.76 bits per heavy atom. The molecule has 100 valence electrons. The van der Waals surface area contributed by atoms with Crippen LogP contribution in [-0.4, -0.2) is 55.0 Å². The number of nitrogens with zero attached hydrogens (tertiary/aromatic N) is 1. The molecule has 0 unspecified atom stereocenters. The lowest BCUT2D eigenvalue weighted by molar-refractivity contribution is -0.122. The van der Waals surface area contributed by atoms with E-state index >= 15 is 0 Å². The van der Waals surface area contributed by atoms with E-state index < -0.39 is 0 Å². The summed E-state index contributed by atoms with van der Waals surface area (Å²) in [5.74, 6) is 0.942. The number of carbonyl (C=O) groups is 1. The Morgan fingerprint density at radius 1 is 1.41 bits per heavy atom. The first kappa shape index (κ1) is 14.8. The third kappa shape index (κ3) is 6.29. The molecule has 0 bridgehead atoms. The van der Waals surface area contributed by atoms with Crippen LogP contribution < -0.4 is 11.1 Å². The molecule has 1 saturated heterocycles. The molecule has 0 radical (unpaired) electrons. The molecular weight excluding hydrogens is 234 g/mol. The van der Waals surface area contributed by atoms with E-state index in [4.69, 9.17) is 5.73 Å². The molecule has 1 atom stereocenters. The molecule has 0 aromatic heterocycles. The van der Waals surface area contributed by atoms with Gasteiger partial charge in [0.15, 0.2) is 0 Å². The van der Waals surface area contributed by atoms with Gasteiger partial charge in [0.05, 0.1) is 6.04 Å². The Balaban J connectivity index is 2.06. The average molecular weight is 259 g/mol.